The number of nitrogen functional groups attached to an aromatic ring is 1. The molecule has 1 fully saturated rings. The molecular weight excluding hydrogens is 192 g/mol. The van der Waals surface area contributed by atoms with E-state index in [9.17, 15) is 0 Å². The number of rotatable bonds is 1. The smallest absolute Gasteiger partial charge is 0.223 e. The van der Waals surface area contributed by atoms with E-state index in [0.29, 0.717) is 24.1 Å². The SMILES string of the molecule is Nc1nc(Cl)cc(N2CC(O)C2)n1. The molecule has 0 radical (unpaired) electrons. The van der Waals surface area contributed by atoms with E-state index in [-0.39, 0.29) is 12.1 Å². The summed E-state index contributed by atoms with van der Waals surface area (Å²) < 4.78 is 0. The first-order chi connectivity index (χ1) is 6.15. The summed E-state index contributed by atoms with van der Waals surface area (Å²) in [6.07, 6.45) is -0.269. The Bertz CT molecular complexity index is 306. The van der Waals surface area contributed by atoms with Crippen LogP contribution < -0.4 is 10.6 Å². The van der Waals surface area contributed by atoms with Gasteiger partial charge in [0.05, 0.1) is 6.10 Å². The average molecular weight is 201 g/mol. The molecule has 0 aliphatic carbocycles. The van der Waals surface area contributed by atoms with Gasteiger partial charge in [0.25, 0.3) is 0 Å². The Morgan fingerprint density at radius 2 is 2.23 bits per heavy atom. The Morgan fingerprint density at radius 3 is 2.77 bits per heavy atom. The minimum Gasteiger partial charge on any atom is -0.389 e. The first-order valence-electron chi connectivity index (χ1n) is 3.88. The van der Waals surface area contributed by atoms with Gasteiger partial charge in [-0.3, -0.25) is 0 Å². The Labute approximate surface area is 80.2 Å². The summed E-state index contributed by atoms with van der Waals surface area (Å²) in [5, 5.41) is 9.39. The van der Waals surface area contributed by atoms with Crippen molar-refractivity contribution in [3.05, 3.63) is 11.2 Å². The van der Waals surface area contributed by atoms with Crippen molar-refractivity contribution in [2.45, 2.75) is 6.10 Å². The monoisotopic (exact) mass is 200 g/mol. The standard InChI is InChI=1S/C7H9ClN4O/c8-5-1-6(11-7(9)10-5)12-2-4(13)3-12/h1,4,13H,2-3H2,(H2,9,10,11). The van der Waals surface area contributed by atoms with Crippen molar-refractivity contribution in [1.29, 1.82) is 0 Å². The largest absolute Gasteiger partial charge is 0.389 e. The number of β-amino-alcohol motifs (C(OH)–C–C–N with tert-alkyl or cyclic N) is 1. The quantitative estimate of drug-likeness (QED) is 0.619. The van der Waals surface area contributed by atoms with Crippen LogP contribution in [-0.4, -0.2) is 34.3 Å². The average Bonchev–Trinajstić information content (AvgIpc) is 1.96. The molecule has 0 bridgehead atoms. The molecule has 0 atom stereocenters. The van der Waals surface area contributed by atoms with Gasteiger partial charge in [-0.1, -0.05) is 11.6 Å². The number of anilines is 2. The molecule has 1 aliphatic rings. The Balaban J connectivity index is 2.21. The minimum atomic E-state index is -0.269. The molecule has 1 aromatic heterocycles. The normalized spacial score (nSPS) is 17.2. The molecule has 13 heavy (non-hydrogen) atoms. The highest BCUT2D eigenvalue weighted by atomic mass is 35.5. The molecule has 0 unspecified atom stereocenters. The van der Waals surface area contributed by atoms with Gasteiger partial charge in [-0.25, -0.2) is 4.98 Å². The third-order valence-electron chi connectivity index (χ3n) is 1.88. The van der Waals surface area contributed by atoms with Gasteiger partial charge >= 0.3 is 0 Å². The third-order valence-corrected chi connectivity index (χ3v) is 2.08. The molecule has 0 aromatic carbocycles. The summed E-state index contributed by atoms with van der Waals surface area (Å²) in [5.41, 5.74) is 5.41. The molecule has 1 aromatic rings. The lowest BCUT2D eigenvalue weighted by Gasteiger charge is -2.36. The van der Waals surface area contributed by atoms with E-state index in [1.807, 2.05) is 4.90 Å². The van der Waals surface area contributed by atoms with Crippen LogP contribution in [0, 0.1) is 0 Å². The van der Waals surface area contributed by atoms with Crippen molar-refractivity contribution in [2.75, 3.05) is 23.7 Å². The zero-order valence-corrected chi connectivity index (χ0v) is 7.57. The summed E-state index contributed by atoms with van der Waals surface area (Å²) >= 11 is 5.69. The fourth-order valence-electron chi connectivity index (χ4n) is 1.23. The molecule has 1 saturated heterocycles. The van der Waals surface area contributed by atoms with E-state index in [0.717, 1.165) is 0 Å². The van der Waals surface area contributed by atoms with Gasteiger partial charge in [-0.05, 0) is 0 Å². The second kappa shape index (κ2) is 3.01. The topological polar surface area (TPSA) is 75.3 Å². The summed E-state index contributed by atoms with van der Waals surface area (Å²) in [4.78, 5) is 9.61. The van der Waals surface area contributed by atoms with E-state index in [4.69, 9.17) is 22.4 Å². The van der Waals surface area contributed by atoms with Crippen LogP contribution in [0.1, 0.15) is 0 Å². The van der Waals surface area contributed by atoms with Gasteiger partial charge in [-0.15, -0.1) is 0 Å². The van der Waals surface area contributed by atoms with Crippen molar-refractivity contribution >= 4 is 23.4 Å². The fraction of sp³-hybridized carbons (Fsp3) is 0.429. The van der Waals surface area contributed by atoms with Crippen LogP contribution in [0.15, 0.2) is 6.07 Å². The van der Waals surface area contributed by atoms with Gasteiger partial charge in [0.2, 0.25) is 5.95 Å². The maximum Gasteiger partial charge on any atom is 0.223 e. The van der Waals surface area contributed by atoms with E-state index >= 15 is 0 Å². The molecule has 5 nitrogen and oxygen atoms in total. The summed E-state index contributed by atoms with van der Waals surface area (Å²) in [6.45, 7) is 1.15. The molecule has 3 N–H and O–H groups in total. The van der Waals surface area contributed by atoms with Crippen LogP contribution in [0.3, 0.4) is 0 Å². The highest BCUT2D eigenvalue weighted by Gasteiger charge is 2.25. The maximum absolute atomic E-state index is 9.07. The van der Waals surface area contributed by atoms with Crippen LogP contribution >= 0.6 is 11.6 Å². The first kappa shape index (κ1) is 8.52. The predicted octanol–water partition coefficient (Wildman–Crippen LogP) is -0.107. The summed E-state index contributed by atoms with van der Waals surface area (Å²) in [6, 6.07) is 1.63. The Kier molecular flexibility index (Phi) is 1.97. The van der Waals surface area contributed by atoms with Crippen LogP contribution in [0.4, 0.5) is 11.8 Å². The Morgan fingerprint density at radius 1 is 1.54 bits per heavy atom. The molecule has 2 heterocycles. The van der Waals surface area contributed by atoms with Gasteiger partial charge in [0, 0.05) is 19.2 Å². The second-order valence-corrected chi connectivity index (χ2v) is 3.35. The first-order valence-corrected chi connectivity index (χ1v) is 4.26. The molecule has 6 heteroatoms. The molecule has 2 rings (SSSR count). The van der Waals surface area contributed by atoms with Crippen molar-refractivity contribution in [3.8, 4) is 0 Å². The lowest BCUT2D eigenvalue weighted by Crippen LogP contribution is -2.51. The lowest BCUT2D eigenvalue weighted by molar-refractivity contribution is 0.141. The Hall–Kier alpha value is -1.07. The van der Waals surface area contributed by atoms with Gasteiger partial charge in [0.1, 0.15) is 11.0 Å². The zero-order chi connectivity index (χ0) is 9.42. The number of nitrogens with zero attached hydrogens (tertiary/aromatic N) is 3. The molecule has 0 saturated carbocycles. The number of aliphatic hydroxyl groups is 1. The van der Waals surface area contributed by atoms with Crippen LogP contribution in [-0.2, 0) is 0 Å². The number of nitrogens with two attached hydrogens (primary N) is 1. The van der Waals surface area contributed by atoms with Crippen molar-refractivity contribution < 1.29 is 5.11 Å². The summed E-state index contributed by atoms with van der Waals surface area (Å²) in [5.74, 6) is 0.826. The summed E-state index contributed by atoms with van der Waals surface area (Å²) in [7, 11) is 0. The molecule has 0 spiro atoms. The van der Waals surface area contributed by atoms with Crippen molar-refractivity contribution in [1.82, 2.24) is 9.97 Å². The maximum atomic E-state index is 9.07. The lowest BCUT2D eigenvalue weighted by atomic mass is 10.2. The van der Waals surface area contributed by atoms with Gasteiger partial charge in [0.15, 0.2) is 0 Å². The van der Waals surface area contributed by atoms with E-state index in [1.54, 1.807) is 6.07 Å². The van der Waals surface area contributed by atoms with Crippen LogP contribution in [0.25, 0.3) is 0 Å². The zero-order valence-electron chi connectivity index (χ0n) is 6.81. The third kappa shape index (κ3) is 1.66. The van der Waals surface area contributed by atoms with Crippen LogP contribution in [0.5, 0.6) is 0 Å². The highest BCUT2D eigenvalue weighted by molar-refractivity contribution is 6.29. The molecule has 70 valence electrons. The number of aromatic nitrogens is 2. The van der Waals surface area contributed by atoms with E-state index in [2.05, 4.69) is 9.97 Å². The van der Waals surface area contributed by atoms with Crippen LogP contribution in [0.2, 0.25) is 5.15 Å². The van der Waals surface area contributed by atoms with Crippen molar-refractivity contribution in [2.24, 2.45) is 0 Å². The molecule has 1 aliphatic heterocycles. The van der Waals surface area contributed by atoms with Gasteiger partial charge in [-0.2, -0.15) is 4.98 Å². The second-order valence-electron chi connectivity index (χ2n) is 2.97. The van der Waals surface area contributed by atoms with E-state index in [1.165, 1.54) is 0 Å². The predicted molar refractivity (Wildman–Crippen MR) is 49.7 cm³/mol. The highest BCUT2D eigenvalue weighted by Crippen LogP contribution is 2.21. The van der Waals surface area contributed by atoms with Crippen molar-refractivity contribution in [3.63, 3.8) is 0 Å². The minimum absolute atomic E-state index is 0.156. The fourth-order valence-corrected chi connectivity index (χ4v) is 1.41. The molecule has 0 amide bonds. The van der Waals surface area contributed by atoms with E-state index < -0.39 is 0 Å². The number of aliphatic hydroxyl groups excluding tert-OH is 1. The molecular formula is C7H9ClN4O. The number of hydrogen-bond donors (Lipinski definition) is 2. The number of halogens is 1. The number of hydrogen-bond acceptors (Lipinski definition) is 5. The van der Waals surface area contributed by atoms with Gasteiger partial charge < -0.3 is 15.7 Å².